The minimum Gasteiger partial charge on any atom is -0.394 e. The largest absolute Gasteiger partial charge is 0.394 e. The maximum atomic E-state index is 13.5. The van der Waals surface area contributed by atoms with Crippen molar-refractivity contribution < 1.29 is 22.3 Å². The van der Waals surface area contributed by atoms with Gasteiger partial charge >= 0.3 is 0 Å². The van der Waals surface area contributed by atoms with E-state index >= 15 is 0 Å². The molecule has 2 rings (SSSR count). The number of hydrogen-bond acceptors (Lipinski definition) is 2. The van der Waals surface area contributed by atoms with Crippen molar-refractivity contribution >= 4 is 5.69 Å². The highest BCUT2D eigenvalue weighted by atomic mass is 19.2. The number of rotatable bonds is 1. The molecule has 0 radical (unpaired) electrons. The van der Waals surface area contributed by atoms with E-state index in [1.807, 2.05) is 0 Å². The number of methoxy groups -OCH3 is 1. The summed E-state index contributed by atoms with van der Waals surface area (Å²) < 4.78 is 57.7. The van der Waals surface area contributed by atoms with E-state index in [0.29, 0.717) is 0 Å². The molecule has 0 spiro atoms. The molecule has 0 fully saturated rings. The van der Waals surface area contributed by atoms with Gasteiger partial charge in [-0.25, -0.2) is 17.6 Å². The van der Waals surface area contributed by atoms with Gasteiger partial charge in [-0.2, -0.15) is 0 Å². The zero-order chi connectivity index (χ0) is 15.3. The highest BCUT2D eigenvalue weighted by Gasteiger charge is 2.24. The van der Waals surface area contributed by atoms with Crippen LogP contribution in [-0.2, 0) is 4.74 Å². The molecule has 2 N–H and O–H groups in total. The van der Waals surface area contributed by atoms with E-state index in [-0.39, 0.29) is 5.56 Å². The molecular weight excluding hydrogens is 274 g/mol. The van der Waals surface area contributed by atoms with Crippen LogP contribution in [0.2, 0.25) is 0 Å². The van der Waals surface area contributed by atoms with Gasteiger partial charge in [-0.05, 0) is 5.56 Å². The zero-order valence-electron chi connectivity index (χ0n) is 10.9. The first-order chi connectivity index (χ1) is 9.45. The third-order valence-corrected chi connectivity index (χ3v) is 2.36. The van der Waals surface area contributed by atoms with E-state index in [1.165, 1.54) is 24.3 Å². The second kappa shape index (κ2) is 6.91. The minimum atomic E-state index is -1.58. The first-order valence-electron chi connectivity index (χ1n) is 5.52. The average Bonchev–Trinajstić information content (AvgIpc) is 2.45. The molecule has 20 heavy (non-hydrogen) atoms. The molecule has 0 atom stereocenters. The molecule has 0 aliphatic heterocycles. The van der Waals surface area contributed by atoms with Crippen LogP contribution < -0.4 is 5.73 Å². The van der Waals surface area contributed by atoms with Crippen LogP contribution in [0.1, 0.15) is 0 Å². The van der Waals surface area contributed by atoms with Gasteiger partial charge in [0.1, 0.15) is 5.69 Å². The lowest BCUT2D eigenvalue weighted by atomic mass is 10.0. The van der Waals surface area contributed by atoms with Crippen LogP contribution in [0.15, 0.2) is 30.3 Å². The van der Waals surface area contributed by atoms with Gasteiger partial charge in [0.15, 0.2) is 23.3 Å². The van der Waals surface area contributed by atoms with Crippen LogP contribution in [0, 0.1) is 23.3 Å². The van der Waals surface area contributed by atoms with Gasteiger partial charge in [0.25, 0.3) is 0 Å². The Balaban J connectivity index is 0.000000612. The monoisotopic (exact) mass is 287 g/mol. The van der Waals surface area contributed by atoms with Gasteiger partial charge in [-0.3, -0.25) is 0 Å². The zero-order valence-corrected chi connectivity index (χ0v) is 10.9. The molecule has 0 aromatic heterocycles. The Morgan fingerprint density at radius 1 is 0.800 bits per heavy atom. The molecule has 0 saturated heterocycles. The topological polar surface area (TPSA) is 35.2 Å². The summed E-state index contributed by atoms with van der Waals surface area (Å²) >= 11 is 0. The average molecular weight is 287 g/mol. The number of benzene rings is 2. The number of hydrogen-bond donors (Lipinski definition) is 1. The quantitative estimate of drug-likeness (QED) is 0.492. The molecular formula is C14H13F4NO. The van der Waals surface area contributed by atoms with Crippen LogP contribution >= 0.6 is 0 Å². The molecule has 0 unspecified atom stereocenters. The normalized spacial score (nSPS) is 9.90. The Kier molecular flexibility index (Phi) is 5.52. The third-order valence-electron chi connectivity index (χ3n) is 2.36. The predicted octanol–water partition coefficient (Wildman–Crippen LogP) is 3.75. The molecule has 2 nitrogen and oxygen atoms in total. The Bertz CT molecular complexity index is 558. The lowest BCUT2D eigenvalue weighted by molar-refractivity contribution is 0.277. The number of ether oxygens (including phenoxy) is 1. The lowest BCUT2D eigenvalue weighted by Crippen LogP contribution is -2.05. The van der Waals surface area contributed by atoms with Crippen LogP contribution in [-0.4, -0.2) is 14.2 Å². The predicted molar refractivity (Wildman–Crippen MR) is 69.1 cm³/mol. The van der Waals surface area contributed by atoms with Gasteiger partial charge < -0.3 is 10.5 Å². The Morgan fingerprint density at radius 3 is 1.60 bits per heavy atom. The maximum Gasteiger partial charge on any atom is 0.185 e. The van der Waals surface area contributed by atoms with E-state index in [9.17, 15) is 17.6 Å². The van der Waals surface area contributed by atoms with Crippen molar-refractivity contribution in [2.24, 2.45) is 0 Å². The minimum absolute atomic E-state index is 0.0419. The summed E-state index contributed by atoms with van der Waals surface area (Å²) in [5.41, 5.74) is 3.03. The van der Waals surface area contributed by atoms with E-state index in [1.54, 1.807) is 20.3 Å². The van der Waals surface area contributed by atoms with Crippen molar-refractivity contribution in [3.63, 3.8) is 0 Å². The van der Waals surface area contributed by atoms with E-state index in [4.69, 9.17) is 5.73 Å². The second-order valence-electron chi connectivity index (χ2n) is 3.82. The molecule has 0 aliphatic carbocycles. The number of anilines is 1. The molecule has 0 bridgehead atoms. The fraction of sp³-hybridized carbons (Fsp3) is 0.143. The second-order valence-corrected chi connectivity index (χ2v) is 3.82. The Labute approximate surface area is 113 Å². The summed E-state index contributed by atoms with van der Waals surface area (Å²) in [5, 5.41) is 0. The summed E-state index contributed by atoms with van der Waals surface area (Å²) in [5.74, 6) is -6.15. The molecule has 0 aliphatic rings. The molecule has 2 aromatic carbocycles. The van der Waals surface area contributed by atoms with Crippen molar-refractivity contribution in [1.29, 1.82) is 0 Å². The van der Waals surface area contributed by atoms with Crippen molar-refractivity contribution in [2.75, 3.05) is 20.0 Å². The van der Waals surface area contributed by atoms with E-state index in [2.05, 4.69) is 4.74 Å². The van der Waals surface area contributed by atoms with Crippen molar-refractivity contribution in [1.82, 2.24) is 0 Å². The summed E-state index contributed by atoms with van der Waals surface area (Å²) in [6.45, 7) is 0. The standard InChI is InChI=1S/C12H7F4N.C2H6O/c13-8-7(6-4-2-1-3-5-6)9(14)11(16)12(17)10(8)15;1-3-2/h1-5H,17H2;1-2H3. The smallest absolute Gasteiger partial charge is 0.185 e. The van der Waals surface area contributed by atoms with Crippen molar-refractivity contribution in [3.05, 3.63) is 53.6 Å². The summed E-state index contributed by atoms with van der Waals surface area (Å²) in [7, 11) is 3.25. The maximum absolute atomic E-state index is 13.5. The van der Waals surface area contributed by atoms with Crippen molar-refractivity contribution in [3.8, 4) is 11.1 Å². The highest BCUT2D eigenvalue weighted by Crippen LogP contribution is 2.32. The molecule has 0 heterocycles. The number of nitrogens with two attached hydrogens (primary N) is 1. The summed E-state index contributed by atoms with van der Waals surface area (Å²) in [6, 6.07) is 7.30. The molecule has 6 heteroatoms. The molecule has 2 aromatic rings. The first kappa shape index (κ1) is 16.0. The fourth-order valence-corrected chi connectivity index (χ4v) is 1.51. The van der Waals surface area contributed by atoms with Crippen LogP contribution in [0.5, 0.6) is 0 Å². The van der Waals surface area contributed by atoms with Crippen LogP contribution in [0.3, 0.4) is 0 Å². The van der Waals surface area contributed by atoms with E-state index < -0.39 is 34.5 Å². The molecule has 0 amide bonds. The highest BCUT2D eigenvalue weighted by molar-refractivity contribution is 5.68. The van der Waals surface area contributed by atoms with Crippen LogP contribution in [0.4, 0.5) is 23.2 Å². The first-order valence-corrected chi connectivity index (χ1v) is 5.52. The lowest BCUT2D eigenvalue weighted by Gasteiger charge is -2.09. The van der Waals surface area contributed by atoms with Crippen LogP contribution in [0.25, 0.3) is 11.1 Å². The number of nitrogen functional groups attached to an aromatic ring is 1. The fourth-order valence-electron chi connectivity index (χ4n) is 1.51. The SMILES string of the molecule is COC.Nc1c(F)c(F)c(-c2ccccc2)c(F)c1F. The van der Waals surface area contributed by atoms with Gasteiger partial charge in [0.05, 0.1) is 5.56 Å². The summed E-state index contributed by atoms with van der Waals surface area (Å²) in [4.78, 5) is 0. The van der Waals surface area contributed by atoms with Gasteiger partial charge in [0, 0.05) is 14.2 Å². The third kappa shape index (κ3) is 3.08. The van der Waals surface area contributed by atoms with E-state index in [0.717, 1.165) is 0 Å². The summed E-state index contributed by atoms with van der Waals surface area (Å²) in [6.07, 6.45) is 0. The Morgan fingerprint density at radius 2 is 1.20 bits per heavy atom. The van der Waals surface area contributed by atoms with Gasteiger partial charge in [-0.15, -0.1) is 0 Å². The number of halogens is 4. The molecule has 0 saturated carbocycles. The molecule has 108 valence electrons. The van der Waals surface area contributed by atoms with Gasteiger partial charge in [-0.1, -0.05) is 30.3 Å². The van der Waals surface area contributed by atoms with Gasteiger partial charge in [0.2, 0.25) is 0 Å². The Hall–Kier alpha value is -2.08. The van der Waals surface area contributed by atoms with Crippen molar-refractivity contribution in [2.45, 2.75) is 0 Å².